The Hall–Kier alpha value is -1.62. The van der Waals surface area contributed by atoms with Gasteiger partial charge >= 0.3 is 5.97 Å². The molecule has 4 rings (SSSR count). The number of aliphatic hydroxyl groups is 1. The van der Waals surface area contributed by atoms with Crippen molar-refractivity contribution in [1.82, 2.24) is 20.4 Å². The average Bonchev–Trinajstić information content (AvgIpc) is 3.42. The van der Waals surface area contributed by atoms with Gasteiger partial charge in [-0.2, -0.15) is 0 Å². The normalized spacial score (nSPS) is 33.3. The molecule has 33 heavy (non-hydrogen) atoms. The summed E-state index contributed by atoms with van der Waals surface area (Å²) in [5.41, 5.74) is -0.282. The lowest BCUT2D eigenvalue weighted by atomic mass is 9.79. The fourth-order valence-corrected chi connectivity index (χ4v) is 7.29. The molecule has 0 aromatic rings. The molecule has 10 heteroatoms. The second kappa shape index (κ2) is 9.20. The number of carbonyl (C=O) groups excluding carboxylic acids is 2. The summed E-state index contributed by atoms with van der Waals surface area (Å²) in [5.74, 6) is -2.19. The number of β-lactam (4-membered cyclic amide) rings is 1. The third kappa shape index (κ3) is 4.67. The topological polar surface area (TPSA) is 122 Å². The molecule has 4 aliphatic rings. The van der Waals surface area contributed by atoms with Crippen LogP contribution < -0.4 is 10.6 Å². The van der Waals surface area contributed by atoms with Gasteiger partial charge in [-0.1, -0.05) is 6.92 Å². The van der Waals surface area contributed by atoms with Crippen LogP contribution in [0.3, 0.4) is 0 Å². The number of amides is 2. The van der Waals surface area contributed by atoms with Gasteiger partial charge in [0.1, 0.15) is 5.70 Å². The highest BCUT2D eigenvalue weighted by Gasteiger charge is 2.60. The quantitative estimate of drug-likeness (QED) is 0.373. The Kier molecular flexibility index (Phi) is 6.83. The molecule has 0 aromatic heterocycles. The standard InChI is InChI=1S/C23H36N4O5S/c1-12-17-16(13(2)28)21(30)27(17)18(22(31)32)19(12)33-14-9-15(24-10-14)20(29)25-23(3,4)11-26-7-5-6-8-26/h12-17,24,28H,5-11H2,1-4H3,(H,25,29)(H,31,32)/t12-,13-,14+,15+,16-,17-/m1/s1. The molecule has 0 radical (unpaired) electrons. The number of nitrogens with zero attached hydrogens (tertiary/aromatic N) is 2. The van der Waals surface area contributed by atoms with Crippen LogP contribution in [0.2, 0.25) is 0 Å². The van der Waals surface area contributed by atoms with Crippen molar-refractivity contribution in [2.45, 2.75) is 75.9 Å². The van der Waals surface area contributed by atoms with E-state index in [0.717, 1.165) is 19.6 Å². The molecule has 6 atom stereocenters. The number of thioether (sulfide) groups is 1. The number of carbonyl (C=O) groups is 3. The molecule has 4 aliphatic heterocycles. The number of nitrogens with one attached hydrogen (secondary N) is 2. The van der Waals surface area contributed by atoms with Gasteiger partial charge in [0.15, 0.2) is 0 Å². The Morgan fingerprint density at radius 3 is 2.58 bits per heavy atom. The number of carboxylic acids is 1. The second-order valence-electron chi connectivity index (χ2n) is 10.6. The van der Waals surface area contributed by atoms with Gasteiger partial charge in [0.25, 0.3) is 0 Å². The Balaban J connectivity index is 1.38. The summed E-state index contributed by atoms with van der Waals surface area (Å²) in [7, 11) is 0. The van der Waals surface area contributed by atoms with Crippen molar-refractivity contribution in [1.29, 1.82) is 0 Å². The Labute approximate surface area is 199 Å². The van der Waals surface area contributed by atoms with E-state index < -0.39 is 18.0 Å². The van der Waals surface area contributed by atoms with Crippen LogP contribution in [0.15, 0.2) is 10.6 Å². The molecular weight excluding hydrogens is 444 g/mol. The molecule has 0 unspecified atom stereocenters. The number of aliphatic hydroxyl groups excluding tert-OH is 1. The number of hydrogen-bond donors (Lipinski definition) is 4. The third-order valence-electron chi connectivity index (χ3n) is 7.29. The van der Waals surface area contributed by atoms with Crippen molar-refractivity contribution in [3.05, 3.63) is 10.6 Å². The van der Waals surface area contributed by atoms with Gasteiger partial charge in [-0.25, -0.2) is 4.79 Å². The van der Waals surface area contributed by atoms with Gasteiger partial charge in [-0.15, -0.1) is 11.8 Å². The van der Waals surface area contributed by atoms with Crippen molar-refractivity contribution in [3.8, 4) is 0 Å². The van der Waals surface area contributed by atoms with E-state index in [0.29, 0.717) is 17.9 Å². The first-order valence-electron chi connectivity index (χ1n) is 11.9. The minimum Gasteiger partial charge on any atom is -0.477 e. The van der Waals surface area contributed by atoms with Crippen molar-refractivity contribution >= 4 is 29.5 Å². The van der Waals surface area contributed by atoms with E-state index in [4.69, 9.17) is 0 Å². The zero-order valence-corrected chi connectivity index (χ0v) is 20.7. The number of aliphatic carboxylic acids is 1. The van der Waals surface area contributed by atoms with Crippen molar-refractivity contribution in [2.75, 3.05) is 26.2 Å². The van der Waals surface area contributed by atoms with E-state index in [1.54, 1.807) is 6.92 Å². The van der Waals surface area contributed by atoms with E-state index in [-0.39, 0.29) is 46.3 Å². The lowest BCUT2D eigenvalue weighted by Gasteiger charge is -2.46. The first kappa shape index (κ1) is 24.5. The lowest BCUT2D eigenvalue weighted by molar-refractivity contribution is -0.163. The molecule has 2 amide bonds. The Morgan fingerprint density at radius 1 is 1.30 bits per heavy atom. The fourth-order valence-electron chi connectivity index (χ4n) is 5.81. The smallest absolute Gasteiger partial charge is 0.353 e. The summed E-state index contributed by atoms with van der Waals surface area (Å²) in [5, 5.41) is 26.3. The molecule has 9 nitrogen and oxygen atoms in total. The molecule has 0 aromatic carbocycles. The van der Waals surface area contributed by atoms with E-state index in [9.17, 15) is 24.6 Å². The largest absolute Gasteiger partial charge is 0.477 e. The first-order chi connectivity index (χ1) is 15.5. The molecule has 4 heterocycles. The van der Waals surface area contributed by atoms with Crippen molar-refractivity contribution < 1.29 is 24.6 Å². The van der Waals surface area contributed by atoms with Crippen molar-refractivity contribution in [2.24, 2.45) is 11.8 Å². The highest BCUT2D eigenvalue weighted by atomic mass is 32.2. The molecule has 0 bridgehead atoms. The Morgan fingerprint density at radius 2 is 1.97 bits per heavy atom. The van der Waals surface area contributed by atoms with Gasteiger partial charge in [-0.3, -0.25) is 9.59 Å². The third-order valence-corrected chi connectivity index (χ3v) is 8.80. The van der Waals surface area contributed by atoms with Crippen LogP contribution in [-0.2, 0) is 14.4 Å². The molecule has 184 valence electrons. The predicted octanol–water partition coefficient (Wildman–Crippen LogP) is 0.594. The van der Waals surface area contributed by atoms with Crippen LogP contribution in [0, 0.1) is 11.8 Å². The van der Waals surface area contributed by atoms with E-state index in [1.807, 2.05) is 20.8 Å². The summed E-state index contributed by atoms with van der Waals surface area (Å²) in [4.78, 5) is 41.9. The molecule has 0 aliphatic carbocycles. The maximum atomic E-state index is 12.9. The lowest BCUT2D eigenvalue weighted by Crippen LogP contribution is -2.63. The Bertz CT molecular complexity index is 854. The molecule has 0 saturated carbocycles. The minimum atomic E-state index is -1.12. The minimum absolute atomic E-state index is 0.0256. The zero-order valence-electron chi connectivity index (χ0n) is 19.8. The number of carboxylic acid groups (broad SMARTS) is 1. The second-order valence-corrected chi connectivity index (χ2v) is 11.9. The van der Waals surface area contributed by atoms with E-state index in [1.165, 1.54) is 29.5 Å². The number of fused-ring (bicyclic) bond motifs is 1. The predicted molar refractivity (Wildman–Crippen MR) is 125 cm³/mol. The highest BCUT2D eigenvalue weighted by Crippen LogP contribution is 2.51. The number of likely N-dealkylation sites (tertiary alicyclic amines) is 1. The van der Waals surface area contributed by atoms with E-state index >= 15 is 0 Å². The molecule has 3 saturated heterocycles. The maximum absolute atomic E-state index is 12.9. The van der Waals surface area contributed by atoms with Gasteiger partial charge in [0.05, 0.1) is 24.1 Å². The first-order valence-corrected chi connectivity index (χ1v) is 12.8. The number of hydrogen-bond acceptors (Lipinski definition) is 7. The monoisotopic (exact) mass is 480 g/mol. The highest BCUT2D eigenvalue weighted by molar-refractivity contribution is 8.03. The van der Waals surface area contributed by atoms with Crippen LogP contribution >= 0.6 is 11.8 Å². The zero-order chi connectivity index (χ0) is 24.1. The number of rotatable bonds is 8. The molecule has 4 N–H and O–H groups in total. The summed E-state index contributed by atoms with van der Waals surface area (Å²) < 4.78 is 0. The van der Waals surface area contributed by atoms with Crippen LogP contribution in [0.25, 0.3) is 0 Å². The summed E-state index contributed by atoms with van der Waals surface area (Å²) >= 11 is 1.46. The van der Waals surface area contributed by atoms with Gasteiger partial charge in [0.2, 0.25) is 11.8 Å². The molecular formula is C23H36N4O5S. The summed E-state index contributed by atoms with van der Waals surface area (Å²) in [6.07, 6.45) is 2.20. The van der Waals surface area contributed by atoms with Crippen LogP contribution in [0.4, 0.5) is 0 Å². The van der Waals surface area contributed by atoms with Gasteiger partial charge < -0.3 is 30.6 Å². The maximum Gasteiger partial charge on any atom is 0.353 e. The van der Waals surface area contributed by atoms with Gasteiger partial charge in [0, 0.05) is 34.7 Å². The van der Waals surface area contributed by atoms with Crippen molar-refractivity contribution in [3.63, 3.8) is 0 Å². The SMILES string of the molecule is C[C@@H](O)[C@H]1C(=O)N2C(C(=O)O)=C(S[C@@H]3CN[C@H](C(=O)NC(C)(C)CN4CCCC4)C3)[C@H](C)[C@H]12. The molecule has 0 spiro atoms. The van der Waals surface area contributed by atoms with E-state index in [2.05, 4.69) is 15.5 Å². The average molecular weight is 481 g/mol. The van der Waals surface area contributed by atoms with Gasteiger partial charge in [-0.05, 0) is 53.1 Å². The van der Waals surface area contributed by atoms with Crippen LogP contribution in [0.1, 0.15) is 47.0 Å². The summed E-state index contributed by atoms with van der Waals surface area (Å²) in [6.45, 7) is 11.2. The fraction of sp³-hybridized carbons (Fsp3) is 0.783. The molecule has 3 fully saturated rings. The van der Waals surface area contributed by atoms with Crippen LogP contribution in [-0.4, -0.2) is 93.0 Å². The summed E-state index contributed by atoms with van der Waals surface area (Å²) in [6, 6.07) is -0.638. The van der Waals surface area contributed by atoms with Crippen LogP contribution in [0.5, 0.6) is 0 Å².